The summed E-state index contributed by atoms with van der Waals surface area (Å²) in [6.45, 7) is 4.64. The largest absolute Gasteiger partial charge is 0.370 e. The first kappa shape index (κ1) is 11.7. The van der Waals surface area contributed by atoms with Crippen LogP contribution >= 0.6 is 0 Å². The maximum Gasteiger partial charge on any atom is 0.139 e. The predicted molar refractivity (Wildman–Crippen MR) is 66.7 cm³/mol. The van der Waals surface area contributed by atoms with Crippen molar-refractivity contribution in [2.75, 3.05) is 0 Å². The van der Waals surface area contributed by atoms with E-state index in [0.29, 0.717) is 29.8 Å². The molecule has 0 aromatic carbocycles. The van der Waals surface area contributed by atoms with Crippen LogP contribution in [0.5, 0.6) is 0 Å². The normalized spacial score (nSPS) is 49.5. The van der Waals surface area contributed by atoms with E-state index in [4.69, 9.17) is 4.74 Å². The first-order valence-electron chi connectivity index (χ1n) is 7.34. The van der Waals surface area contributed by atoms with Crippen molar-refractivity contribution in [2.24, 2.45) is 23.7 Å². The van der Waals surface area contributed by atoms with E-state index >= 15 is 0 Å². The zero-order chi connectivity index (χ0) is 12.0. The lowest BCUT2D eigenvalue weighted by Gasteiger charge is -2.33. The van der Waals surface area contributed by atoms with Crippen LogP contribution in [0.3, 0.4) is 0 Å². The quantitative estimate of drug-likeness (QED) is 0.689. The standard InChI is InChI=1S/C15H24O2/c1-9-3-4-11(7-10(9)2)15(16)12-5-6-13-14(8-12)17-13/h9-14H,3-8H2,1-2H3. The fraction of sp³-hybridized carbons (Fsp3) is 0.933. The Morgan fingerprint density at radius 3 is 2.29 bits per heavy atom. The maximum atomic E-state index is 12.5. The van der Waals surface area contributed by atoms with E-state index in [1.807, 2.05) is 0 Å². The van der Waals surface area contributed by atoms with Gasteiger partial charge in [0.1, 0.15) is 5.78 Å². The van der Waals surface area contributed by atoms with Crippen molar-refractivity contribution in [3.63, 3.8) is 0 Å². The van der Waals surface area contributed by atoms with Crippen LogP contribution in [-0.2, 0) is 9.53 Å². The van der Waals surface area contributed by atoms with E-state index in [0.717, 1.165) is 43.9 Å². The van der Waals surface area contributed by atoms with Crippen LogP contribution in [0.15, 0.2) is 0 Å². The Morgan fingerprint density at radius 2 is 1.59 bits per heavy atom. The molecular weight excluding hydrogens is 212 g/mol. The van der Waals surface area contributed by atoms with Gasteiger partial charge in [0.2, 0.25) is 0 Å². The van der Waals surface area contributed by atoms with E-state index in [1.165, 1.54) is 6.42 Å². The molecule has 0 aromatic heterocycles. The molecule has 3 aliphatic rings. The van der Waals surface area contributed by atoms with Gasteiger partial charge in [-0.1, -0.05) is 13.8 Å². The summed E-state index contributed by atoms with van der Waals surface area (Å²) in [6.07, 6.45) is 7.69. The molecule has 0 aromatic rings. The Labute approximate surface area is 104 Å². The third-order valence-corrected chi connectivity index (χ3v) is 5.41. The molecule has 6 unspecified atom stereocenters. The molecule has 1 heterocycles. The third kappa shape index (κ3) is 2.29. The van der Waals surface area contributed by atoms with Gasteiger partial charge >= 0.3 is 0 Å². The maximum absolute atomic E-state index is 12.5. The minimum Gasteiger partial charge on any atom is -0.370 e. The summed E-state index contributed by atoms with van der Waals surface area (Å²) >= 11 is 0. The summed E-state index contributed by atoms with van der Waals surface area (Å²) in [7, 11) is 0. The summed E-state index contributed by atoms with van der Waals surface area (Å²) in [5.41, 5.74) is 0. The lowest BCUT2D eigenvalue weighted by Crippen LogP contribution is -2.32. The Hall–Kier alpha value is -0.370. The van der Waals surface area contributed by atoms with E-state index in [-0.39, 0.29) is 0 Å². The predicted octanol–water partition coefficient (Wildman–Crippen LogP) is 3.20. The average Bonchev–Trinajstić information content (AvgIpc) is 3.09. The molecule has 6 atom stereocenters. The van der Waals surface area contributed by atoms with Gasteiger partial charge < -0.3 is 4.74 Å². The summed E-state index contributed by atoms with van der Waals surface area (Å²) in [5, 5.41) is 0. The van der Waals surface area contributed by atoms with Crippen molar-refractivity contribution >= 4 is 5.78 Å². The number of fused-ring (bicyclic) bond motifs is 1. The number of ether oxygens (including phenoxy) is 1. The summed E-state index contributed by atoms with van der Waals surface area (Å²) in [6, 6.07) is 0. The molecule has 1 aliphatic heterocycles. The summed E-state index contributed by atoms with van der Waals surface area (Å²) < 4.78 is 5.53. The highest BCUT2D eigenvalue weighted by atomic mass is 16.6. The van der Waals surface area contributed by atoms with Crippen molar-refractivity contribution in [1.29, 1.82) is 0 Å². The van der Waals surface area contributed by atoms with Crippen LogP contribution in [0.2, 0.25) is 0 Å². The van der Waals surface area contributed by atoms with Crippen LogP contribution < -0.4 is 0 Å². The second-order valence-corrected chi connectivity index (χ2v) is 6.59. The fourth-order valence-electron chi connectivity index (χ4n) is 3.80. The molecule has 1 saturated heterocycles. The lowest BCUT2D eigenvalue weighted by atomic mass is 9.70. The summed E-state index contributed by atoms with van der Waals surface area (Å²) in [4.78, 5) is 12.5. The van der Waals surface area contributed by atoms with Crippen molar-refractivity contribution in [3.8, 4) is 0 Å². The number of carbonyl (C=O) groups excluding carboxylic acids is 1. The van der Waals surface area contributed by atoms with Crippen molar-refractivity contribution < 1.29 is 9.53 Å². The molecule has 2 nitrogen and oxygen atoms in total. The van der Waals surface area contributed by atoms with Crippen molar-refractivity contribution in [3.05, 3.63) is 0 Å². The molecule has 0 radical (unpaired) electrons. The minimum absolute atomic E-state index is 0.323. The van der Waals surface area contributed by atoms with Crippen molar-refractivity contribution in [2.45, 2.75) is 64.6 Å². The first-order chi connectivity index (χ1) is 8.15. The molecule has 3 fully saturated rings. The SMILES string of the molecule is CC1CCC(C(=O)C2CCC3OC3C2)CC1C. The molecule has 96 valence electrons. The lowest BCUT2D eigenvalue weighted by molar-refractivity contribution is -0.129. The molecule has 2 saturated carbocycles. The minimum atomic E-state index is 0.323. The Bertz CT molecular complexity index is 312. The molecule has 0 N–H and O–H groups in total. The number of rotatable bonds is 2. The molecular formula is C15H24O2. The number of ketones is 1. The van der Waals surface area contributed by atoms with E-state index in [2.05, 4.69) is 13.8 Å². The Morgan fingerprint density at radius 1 is 0.882 bits per heavy atom. The topological polar surface area (TPSA) is 29.6 Å². The molecule has 0 spiro atoms. The highest BCUT2D eigenvalue weighted by Gasteiger charge is 2.46. The van der Waals surface area contributed by atoms with Crippen LogP contribution in [0, 0.1) is 23.7 Å². The van der Waals surface area contributed by atoms with E-state index in [9.17, 15) is 4.79 Å². The van der Waals surface area contributed by atoms with Gasteiger partial charge in [-0.25, -0.2) is 0 Å². The number of Topliss-reactive ketones (excluding diaryl/α,β-unsaturated/α-hetero) is 1. The Kier molecular flexibility index (Phi) is 3.02. The van der Waals surface area contributed by atoms with Gasteiger partial charge in [-0.3, -0.25) is 4.79 Å². The number of epoxide rings is 1. The highest BCUT2D eigenvalue weighted by Crippen LogP contribution is 2.42. The summed E-state index contributed by atoms with van der Waals surface area (Å²) in [5.74, 6) is 2.79. The molecule has 2 heteroatoms. The van der Waals surface area contributed by atoms with Crippen LogP contribution in [0.4, 0.5) is 0 Å². The molecule has 3 rings (SSSR count). The second kappa shape index (κ2) is 4.38. The van der Waals surface area contributed by atoms with Crippen LogP contribution in [0.1, 0.15) is 52.4 Å². The van der Waals surface area contributed by atoms with Gasteiger partial charge in [-0.05, 0) is 50.4 Å². The van der Waals surface area contributed by atoms with Gasteiger partial charge in [0.25, 0.3) is 0 Å². The molecule has 0 bridgehead atoms. The van der Waals surface area contributed by atoms with Gasteiger partial charge in [0.05, 0.1) is 12.2 Å². The van der Waals surface area contributed by atoms with E-state index < -0.39 is 0 Å². The van der Waals surface area contributed by atoms with Crippen molar-refractivity contribution in [1.82, 2.24) is 0 Å². The monoisotopic (exact) mass is 236 g/mol. The van der Waals surface area contributed by atoms with Gasteiger partial charge in [-0.2, -0.15) is 0 Å². The van der Waals surface area contributed by atoms with E-state index in [1.54, 1.807) is 0 Å². The first-order valence-corrected chi connectivity index (χ1v) is 7.34. The fourth-order valence-corrected chi connectivity index (χ4v) is 3.80. The number of hydrogen-bond acceptors (Lipinski definition) is 2. The number of hydrogen-bond donors (Lipinski definition) is 0. The molecule has 17 heavy (non-hydrogen) atoms. The van der Waals surface area contributed by atoms with Gasteiger partial charge in [0, 0.05) is 11.8 Å². The zero-order valence-corrected chi connectivity index (χ0v) is 11.0. The Balaban J connectivity index is 1.58. The highest BCUT2D eigenvalue weighted by molar-refractivity contribution is 5.83. The van der Waals surface area contributed by atoms with Gasteiger partial charge in [-0.15, -0.1) is 0 Å². The van der Waals surface area contributed by atoms with Crippen LogP contribution in [-0.4, -0.2) is 18.0 Å². The zero-order valence-electron chi connectivity index (χ0n) is 11.0. The molecule has 2 aliphatic carbocycles. The smallest absolute Gasteiger partial charge is 0.139 e. The van der Waals surface area contributed by atoms with Crippen LogP contribution in [0.25, 0.3) is 0 Å². The molecule has 0 amide bonds. The second-order valence-electron chi connectivity index (χ2n) is 6.59. The van der Waals surface area contributed by atoms with Gasteiger partial charge in [0.15, 0.2) is 0 Å². The number of carbonyl (C=O) groups is 1. The average molecular weight is 236 g/mol. The third-order valence-electron chi connectivity index (χ3n) is 5.41.